The van der Waals surface area contributed by atoms with Crippen molar-refractivity contribution in [3.05, 3.63) is 47.3 Å². The maximum absolute atomic E-state index is 12.9. The van der Waals surface area contributed by atoms with E-state index in [9.17, 15) is 14.4 Å². The number of nitrogens with one attached hydrogen (secondary N) is 1. The topological polar surface area (TPSA) is 80.6 Å². The van der Waals surface area contributed by atoms with Crippen molar-refractivity contribution in [2.45, 2.75) is 46.7 Å². The Bertz CT molecular complexity index is 932. The molecule has 1 N–H and O–H groups in total. The van der Waals surface area contributed by atoms with Gasteiger partial charge in [-0.2, -0.15) is 0 Å². The molecule has 0 bridgehead atoms. The second-order valence-electron chi connectivity index (χ2n) is 6.99. The predicted octanol–water partition coefficient (Wildman–Crippen LogP) is 3.05. The van der Waals surface area contributed by atoms with Gasteiger partial charge in [-0.05, 0) is 45.9 Å². The lowest BCUT2D eigenvalue weighted by Gasteiger charge is -2.27. The van der Waals surface area contributed by atoms with Crippen LogP contribution < -0.4 is 10.2 Å². The van der Waals surface area contributed by atoms with Gasteiger partial charge in [0.1, 0.15) is 0 Å². The summed E-state index contributed by atoms with van der Waals surface area (Å²) in [6, 6.07) is 8.54. The third-order valence-electron chi connectivity index (χ3n) is 5.06. The van der Waals surface area contributed by atoms with Gasteiger partial charge >= 0.3 is 5.97 Å². The summed E-state index contributed by atoms with van der Waals surface area (Å²) in [5, 5.41) is 2.81. The van der Waals surface area contributed by atoms with Crippen LogP contribution in [0.5, 0.6) is 0 Å². The lowest BCUT2D eigenvalue weighted by molar-refractivity contribution is -0.122. The zero-order valence-corrected chi connectivity index (χ0v) is 16.6. The lowest BCUT2D eigenvalue weighted by atomic mass is 10.1. The summed E-state index contributed by atoms with van der Waals surface area (Å²) in [6.07, 6.45) is 0.173. The number of aromatic nitrogens is 1. The minimum atomic E-state index is -0.522. The maximum Gasteiger partial charge on any atom is 0.340 e. The van der Waals surface area contributed by atoms with Crippen molar-refractivity contribution in [2.75, 3.05) is 16.8 Å². The Morgan fingerprint density at radius 1 is 1.25 bits per heavy atom. The normalized spacial score (nSPS) is 16.2. The van der Waals surface area contributed by atoms with Crippen LogP contribution in [0.25, 0.3) is 0 Å². The number of nitrogens with zero attached hydrogens (tertiary/aromatic N) is 2. The van der Waals surface area contributed by atoms with E-state index >= 15 is 0 Å². The highest BCUT2D eigenvalue weighted by Gasteiger charge is 2.30. The largest absolute Gasteiger partial charge is 0.452 e. The minimum Gasteiger partial charge on any atom is -0.452 e. The standard InChI is InChI=1S/C21H25N3O4/c1-5-23-13(2)10-16(15(23)4)21(27)28-12-20(26)24-14(3)11-19(25)22-17-8-6-7-9-18(17)24/h6-10,14H,5,11-12H2,1-4H3,(H,22,25). The van der Waals surface area contributed by atoms with Crippen LogP contribution in [-0.2, 0) is 20.9 Å². The molecule has 0 saturated carbocycles. The first-order valence-corrected chi connectivity index (χ1v) is 9.38. The van der Waals surface area contributed by atoms with Gasteiger partial charge in [0.05, 0.1) is 16.9 Å². The number of hydrogen-bond donors (Lipinski definition) is 1. The van der Waals surface area contributed by atoms with E-state index in [-0.39, 0.29) is 30.9 Å². The van der Waals surface area contributed by atoms with Gasteiger partial charge in [0, 0.05) is 30.4 Å². The molecule has 1 aliphatic rings. The molecule has 0 saturated heterocycles. The van der Waals surface area contributed by atoms with Crippen molar-refractivity contribution in [1.82, 2.24) is 4.57 Å². The number of anilines is 2. The second kappa shape index (κ2) is 7.88. The third kappa shape index (κ3) is 3.65. The van der Waals surface area contributed by atoms with Gasteiger partial charge in [-0.25, -0.2) is 4.79 Å². The summed E-state index contributed by atoms with van der Waals surface area (Å²) in [5.74, 6) is -1.04. The molecule has 0 spiro atoms. The number of amides is 2. The predicted molar refractivity (Wildman–Crippen MR) is 106 cm³/mol. The first-order valence-electron chi connectivity index (χ1n) is 9.38. The monoisotopic (exact) mass is 383 g/mol. The first-order chi connectivity index (χ1) is 13.3. The van der Waals surface area contributed by atoms with Crippen LogP contribution >= 0.6 is 0 Å². The van der Waals surface area contributed by atoms with E-state index in [1.807, 2.05) is 25.3 Å². The number of para-hydroxylation sites is 2. The number of esters is 1. The molecule has 7 heteroatoms. The summed E-state index contributed by atoms with van der Waals surface area (Å²) in [7, 11) is 0. The van der Waals surface area contributed by atoms with Gasteiger partial charge < -0.3 is 19.5 Å². The number of carbonyl (C=O) groups is 3. The summed E-state index contributed by atoms with van der Waals surface area (Å²) < 4.78 is 7.34. The van der Waals surface area contributed by atoms with Crippen LogP contribution in [0.3, 0.4) is 0 Å². The van der Waals surface area contributed by atoms with Crippen molar-refractivity contribution in [2.24, 2.45) is 0 Å². The molecule has 2 heterocycles. The van der Waals surface area contributed by atoms with E-state index in [1.54, 1.807) is 37.3 Å². The van der Waals surface area contributed by atoms with Crippen molar-refractivity contribution in [3.8, 4) is 0 Å². The van der Waals surface area contributed by atoms with E-state index in [0.29, 0.717) is 16.9 Å². The Morgan fingerprint density at radius 2 is 1.96 bits per heavy atom. The second-order valence-corrected chi connectivity index (χ2v) is 6.99. The number of hydrogen-bond acceptors (Lipinski definition) is 4. The number of carbonyl (C=O) groups excluding carboxylic acids is 3. The fraction of sp³-hybridized carbons (Fsp3) is 0.381. The van der Waals surface area contributed by atoms with Crippen LogP contribution in [0.4, 0.5) is 11.4 Å². The molecule has 3 rings (SSSR count). The Hall–Kier alpha value is -3.09. The van der Waals surface area contributed by atoms with E-state index in [4.69, 9.17) is 4.74 Å². The molecule has 2 amide bonds. The SMILES string of the molecule is CCn1c(C)cc(C(=O)OCC(=O)N2c3ccccc3NC(=O)CC2C)c1C. The average molecular weight is 383 g/mol. The molecule has 148 valence electrons. The van der Waals surface area contributed by atoms with Gasteiger partial charge in [0.15, 0.2) is 6.61 Å². The summed E-state index contributed by atoms with van der Waals surface area (Å²) in [6.45, 7) is 7.97. The van der Waals surface area contributed by atoms with Crippen LogP contribution in [0.2, 0.25) is 0 Å². The van der Waals surface area contributed by atoms with E-state index in [0.717, 1.165) is 17.9 Å². The third-order valence-corrected chi connectivity index (χ3v) is 5.06. The molecular weight excluding hydrogens is 358 g/mol. The molecule has 2 aromatic rings. The van der Waals surface area contributed by atoms with Crippen molar-refractivity contribution >= 4 is 29.2 Å². The molecule has 0 aliphatic carbocycles. The Kier molecular flexibility index (Phi) is 5.53. The Labute approximate surface area is 164 Å². The van der Waals surface area contributed by atoms with Gasteiger partial charge in [-0.15, -0.1) is 0 Å². The Morgan fingerprint density at radius 3 is 2.64 bits per heavy atom. The van der Waals surface area contributed by atoms with Crippen molar-refractivity contribution < 1.29 is 19.1 Å². The molecule has 7 nitrogen and oxygen atoms in total. The molecule has 0 fully saturated rings. The highest BCUT2D eigenvalue weighted by molar-refractivity contribution is 6.05. The highest BCUT2D eigenvalue weighted by atomic mass is 16.5. The fourth-order valence-electron chi connectivity index (χ4n) is 3.74. The fourth-order valence-corrected chi connectivity index (χ4v) is 3.74. The molecule has 0 radical (unpaired) electrons. The molecular formula is C21H25N3O4. The van der Waals surface area contributed by atoms with Gasteiger partial charge in [-0.3, -0.25) is 9.59 Å². The van der Waals surface area contributed by atoms with Gasteiger partial charge in [0.2, 0.25) is 5.91 Å². The van der Waals surface area contributed by atoms with E-state index in [1.165, 1.54) is 4.90 Å². The van der Waals surface area contributed by atoms with Gasteiger partial charge in [-0.1, -0.05) is 12.1 Å². The van der Waals surface area contributed by atoms with E-state index < -0.39 is 5.97 Å². The molecule has 28 heavy (non-hydrogen) atoms. The summed E-state index contributed by atoms with van der Waals surface area (Å²) in [5.41, 5.74) is 3.43. The average Bonchev–Trinajstić information content (AvgIpc) is 2.86. The van der Waals surface area contributed by atoms with Gasteiger partial charge in [0.25, 0.3) is 5.91 Å². The lowest BCUT2D eigenvalue weighted by Crippen LogP contribution is -2.41. The van der Waals surface area contributed by atoms with Crippen molar-refractivity contribution in [1.29, 1.82) is 0 Å². The van der Waals surface area contributed by atoms with Crippen LogP contribution in [0, 0.1) is 13.8 Å². The quantitative estimate of drug-likeness (QED) is 0.823. The smallest absolute Gasteiger partial charge is 0.340 e. The highest BCUT2D eigenvalue weighted by Crippen LogP contribution is 2.31. The van der Waals surface area contributed by atoms with Crippen LogP contribution in [0.1, 0.15) is 42.0 Å². The number of fused-ring (bicyclic) bond motifs is 1. The zero-order chi connectivity index (χ0) is 20.4. The number of aryl methyl sites for hydroxylation is 1. The molecule has 1 aromatic heterocycles. The summed E-state index contributed by atoms with van der Waals surface area (Å²) >= 11 is 0. The maximum atomic E-state index is 12.9. The molecule has 1 unspecified atom stereocenters. The molecule has 1 aromatic carbocycles. The van der Waals surface area contributed by atoms with Crippen molar-refractivity contribution in [3.63, 3.8) is 0 Å². The number of ether oxygens (including phenoxy) is 1. The van der Waals surface area contributed by atoms with E-state index in [2.05, 4.69) is 5.32 Å². The Balaban J connectivity index is 1.77. The minimum absolute atomic E-state index is 0.153. The van der Waals surface area contributed by atoms with Crippen LogP contribution in [0.15, 0.2) is 30.3 Å². The van der Waals surface area contributed by atoms with Crippen LogP contribution in [-0.4, -0.2) is 35.0 Å². The first kappa shape index (κ1) is 19.7. The molecule has 1 atom stereocenters. The number of benzene rings is 1. The number of rotatable bonds is 4. The summed E-state index contributed by atoms with van der Waals surface area (Å²) in [4.78, 5) is 39.0. The zero-order valence-electron chi connectivity index (χ0n) is 16.6. The molecule has 1 aliphatic heterocycles.